The number of aromatic nitrogens is 1. The van der Waals surface area contributed by atoms with E-state index in [1.807, 2.05) is 6.92 Å². The van der Waals surface area contributed by atoms with Gasteiger partial charge in [0.2, 0.25) is 0 Å². The molecule has 0 saturated heterocycles. The summed E-state index contributed by atoms with van der Waals surface area (Å²) in [6.45, 7) is 2.37. The van der Waals surface area contributed by atoms with Crippen molar-refractivity contribution < 1.29 is 12.8 Å². The summed E-state index contributed by atoms with van der Waals surface area (Å²) in [5.41, 5.74) is 0.347. The van der Waals surface area contributed by atoms with E-state index in [2.05, 4.69) is 15.0 Å². The molecule has 1 aromatic carbocycles. The molecule has 2 rings (SSSR count). The van der Waals surface area contributed by atoms with Crippen LogP contribution in [-0.4, -0.2) is 19.9 Å². The summed E-state index contributed by atoms with van der Waals surface area (Å²) < 4.78 is 40.3. The number of nitrogens with one attached hydrogen (secondary N) is 2. The maximum atomic E-state index is 13.9. The first kappa shape index (κ1) is 15.0. The third kappa shape index (κ3) is 3.20. The molecule has 0 amide bonds. The van der Waals surface area contributed by atoms with Crippen molar-refractivity contribution in [2.45, 2.75) is 11.8 Å². The topological polar surface area (TPSA) is 71.1 Å². The van der Waals surface area contributed by atoms with E-state index >= 15 is 0 Å². The lowest BCUT2D eigenvalue weighted by molar-refractivity contribution is 0.570. The van der Waals surface area contributed by atoms with Gasteiger partial charge in [0.1, 0.15) is 10.7 Å². The van der Waals surface area contributed by atoms with E-state index in [1.165, 1.54) is 6.20 Å². The molecule has 0 radical (unpaired) electrons. The minimum atomic E-state index is -4.06. The summed E-state index contributed by atoms with van der Waals surface area (Å²) in [5.74, 6) is -0.880. The molecule has 1 aromatic heterocycles. The first-order valence-corrected chi connectivity index (χ1v) is 8.33. The van der Waals surface area contributed by atoms with E-state index in [1.54, 1.807) is 5.38 Å². The van der Waals surface area contributed by atoms with Crippen molar-refractivity contribution in [2.75, 3.05) is 16.6 Å². The molecule has 0 saturated carbocycles. The van der Waals surface area contributed by atoms with E-state index in [4.69, 9.17) is 11.6 Å². The SMILES string of the molecule is CCNc1cc(F)c(S(=O)(=O)Nc2nccs2)cc1Cl. The van der Waals surface area contributed by atoms with Crippen molar-refractivity contribution in [3.05, 3.63) is 34.5 Å². The fraction of sp³-hybridized carbons (Fsp3) is 0.182. The molecule has 5 nitrogen and oxygen atoms in total. The molecule has 0 spiro atoms. The quantitative estimate of drug-likeness (QED) is 0.880. The Morgan fingerprint density at radius 1 is 1.45 bits per heavy atom. The molecule has 2 aromatic rings. The third-order valence-electron chi connectivity index (χ3n) is 2.33. The number of rotatable bonds is 5. The molecule has 0 atom stereocenters. The Morgan fingerprint density at radius 2 is 2.20 bits per heavy atom. The minimum Gasteiger partial charge on any atom is -0.384 e. The van der Waals surface area contributed by atoms with Crippen molar-refractivity contribution in [1.82, 2.24) is 4.98 Å². The van der Waals surface area contributed by atoms with Gasteiger partial charge in [0.05, 0.1) is 10.7 Å². The van der Waals surface area contributed by atoms with Gasteiger partial charge >= 0.3 is 0 Å². The average Bonchev–Trinajstić information content (AvgIpc) is 2.85. The highest BCUT2D eigenvalue weighted by Crippen LogP contribution is 2.29. The highest BCUT2D eigenvalue weighted by Gasteiger charge is 2.22. The van der Waals surface area contributed by atoms with E-state index in [9.17, 15) is 12.8 Å². The molecule has 0 aliphatic carbocycles. The molecule has 0 aliphatic rings. The first-order valence-electron chi connectivity index (χ1n) is 5.59. The second-order valence-electron chi connectivity index (χ2n) is 3.74. The van der Waals surface area contributed by atoms with Crippen molar-refractivity contribution in [1.29, 1.82) is 0 Å². The summed E-state index contributed by atoms with van der Waals surface area (Å²) in [7, 11) is -4.06. The second kappa shape index (κ2) is 5.94. The number of benzene rings is 1. The number of thiazole rings is 1. The molecule has 0 bridgehead atoms. The molecule has 9 heteroatoms. The van der Waals surface area contributed by atoms with Gasteiger partial charge in [0.15, 0.2) is 5.13 Å². The van der Waals surface area contributed by atoms with Crippen LogP contribution in [0.1, 0.15) is 6.92 Å². The standard InChI is InChI=1S/C11H11ClFN3O2S2/c1-2-14-9-6-8(13)10(5-7(9)12)20(17,18)16-11-15-3-4-19-11/h3-6,14H,2H2,1H3,(H,15,16). The van der Waals surface area contributed by atoms with Crippen LogP contribution in [0.4, 0.5) is 15.2 Å². The summed E-state index contributed by atoms with van der Waals surface area (Å²) >= 11 is 7.03. The first-order chi connectivity index (χ1) is 9.44. The zero-order valence-corrected chi connectivity index (χ0v) is 12.7. The van der Waals surface area contributed by atoms with Gasteiger partial charge in [-0.25, -0.2) is 17.8 Å². The molecular weight excluding hydrogens is 325 g/mol. The van der Waals surface area contributed by atoms with Gasteiger partial charge in [0, 0.05) is 18.1 Å². The zero-order valence-electron chi connectivity index (χ0n) is 10.4. The van der Waals surface area contributed by atoms with Crippen molar-refractivity contribution >= 4 is 43.8 Å². The summed E-state index contributed by atoms with van der Waals surface area (Å²) in [4.78, 5) is 3.27. The maximum Gasteiger partial charge on any atom is 0.266 e. The average molecular weight is 336 g/mol. The largest absolute Gasteiger partial charge is 0.384 e. The Bertz CT molecular complexity index is 705. The molecule has 1 heterocycles. The van der Waals surface area contributed by atoms with Gasteiger partial charge in [-0.3, -0.25) is 4.72 Å². The predicted molar refractivity (Wildman–Crippen MR) is 78.5 cm³/mol. The third-order valence-corrected chi connectivity index (χ3v) is 4.82. The number of hydrogen-bond acceptors (Lipinski definition) is 5. The van der Waals surface area contributed by atoms with Crippen LogP contribution in [0.15, 0.2) is 28.6 Å². The highest BCUT2D eigenvalue weighted by molar-refractivity contribution is 7.93. The number of sulfonamides is 1. The molecular formula is C11H11ClFN3O2S2. The smallest absolute Gasteiger partial charge is 0.266 e. The van der Waals surface area contributed by atoms with Crippen LogP contribution >= 0.6 is 22.9 Å². The van der Waals surface area contributed by atoms with Crippen LogP contribution in [-0.2, 0) is 10.0 Å². The van der Waals surface area contributed by atoms with Crippen LogP contribution in [0.25, 0.3) is 0 Å². The van der Waals surface area contributed by atoms with Crippen LogP contribution in [0.3, 0.4) is 0 Å². The maximum absolute atomic E-state index is 13.9. The Kier molecular flexibility index (Phi) is 4.46. The Labute approximate surface area is 124 Å². The van der Waals surface area contributed by atoms with Crippen LogP contribution in [0.5, 0.6) is 0 Å². The van der Waals surface area contributed by atoms with E-state index in [-0.39, 0.29) is 10.2 Å². The Hall–Kier alpha value is -1.38. The van der Waals surface area contributed by atoms with E-state index in [0.717, 1.165) is 23.5 Å². The van der Waals surface area contributed by atoms with Crippen LogP contribution in [0, 0.1) is 5.82 Å². The lowest BCUT2D eigenvalue weighted by Crippen LogP contribution is -2.15. The molecule has 2 N–H and O–H groups in total. The minimum absolute atomic E-state index is 0.132. The van der Waals surface area contributed by atoms with Gasteiger partial charge in [-0.05, 0) is 19.1 Å². The van der Waals surface area contributed by atoms with Crippen LogP contribution < -0.4 is 10.0 Å². The summed E-state index contributed by atoms with van der Waals surface area (Å²) in [5, 5.41) is 4.75. The second-order valence-corrected chi connectivity index (χ2v) is 6.69. The Balaban J connectivity index is 2.39. The van der Waals surface area contributed by atoms with Crippen molar-refractivity contribution in [3.63, 3.8) is 0 Å². The molecule has 0 unspecified atom stereocenters. The number of hydrogen-bond donors (Lipinski definition) is 2. The fourth-order valence-corrected chi connectivity index (χ4v) is 3.67. The molecule has 0 aliphatic heterocycles. The van der Waals surface area contributed by atoms with Gasteiger partial charge in [-0.15, -0.1) is 11.3 Å². The van der Waals surface area contributed by atoms with Crippen molar-refractivity contribution in [3.8, 4) is 0 Å². The predicted octanol–water partition coefficient (Wildman–Crippen LogP) is 3.17. The monoisotopic (exact) mass is 335 g/mol. The zero-order chi connectivity index (χ0) is 14.8. The van der Waals surface area contributed by atoms with Crippen LogP contribution in [0.2, 0.25) is 5.02 Å². The number of nitrogens with zero attached hydrogens (tertiary/aromatic N) is 1. The lowest BCUT2D eigenvalue weighted by Gasteiger charge is -2.10. The van der Waals surface area contributed by atoms with Gasteiger partial charge < -0.3 is 5.32 Å². The summed E-state index contributed by atoms with van der Waals surface area (Å²) in [6, 6.07) is 2.13. The molecule has 0 fully saturated rings. The van der Waals surface area contributed by atoms with E-state index < -0.39 is 20.7 Å². The summed E-state index contributed by atoms with van der Waals surface area (Å²) in [6.07, 6.45) is 1.44. The van der Waals surface area contributed by atoms with Crippen molar-refractivity contribution in [2.24, 2.45) is 0 Å². The fourth-order valence-electron chi connectivity index (χ4n) is 1.50. The lowest BCUT2D eigenvalue weighted by atomic mass is 10.3. The number of halogens is 2. The van der Waals surface area contributed by atoms with Gasteiger partial charge in [-0.2, -0.15) is 0 Å². The number of anilines is 2. The highest BCUT2D eigenvalue weighted by atomic mass is 35.5. The Morgan fingerprint density at radius 3 is 2.80 bits per heavy atom. The molecule has 20 heavy (non-hydrogen) atoms. The van der Waals surface area contributed by atoms with Gasteiger partial charge in [-0.1, -0.05) is 11.6 Å². The van der Waals surface area contributed by atoms with Gasteiger partial charge in [0.25, 0.3) is 10.0 Å². The van der Waals surface area contributed by atoms with E-state index in [0.29, 0.717) is 12.2 Å². The normalized spacial score (nSPS) is 11.3. The molecule has 108 valence electrons.